The smallest absolute Gasteiger partial charge is 0.335 e. The van der Waals surface area contributed by atoms with Gasteiger partial charge < -0.3 is 19.3 Å². The van der Waals surface area contributed by atoms with Crippen LogP contribution >= 0.6 is 0 Å². The second-order valence-corrected chi connectivity index (χ2v) is 9.28. The molecule has 1 aliphatic heterocycles. The van der Waals surface area contributed by atoms with Crippen molar-refractivity contribution >= 4 is 17.5 Å². The average molecular weight is 404 g/mol. The van der Waals surface area contributed by atoms with Crippen LogP contribution in [0.1, 0.15) is 34.1 Å². The number of methoxy groups -OCH3 is 2. The van der Waals surface area contributed by atoms with Gasteiger partial charge in [0.25, 0.3) is 0 Å². The van der Waals surface area contributed by atoms with Crippen LogP contribution in [-0.2, 0) is 28.6 Å². The topological polar surface area (TPSA) is 99.1 Å². The number of Topliss-reactive ketones (excluding diaryl/α,β-unsaturated/α-hetero) is 2. The summed E-state index contributed by atoms with van der Waals surface area (Å²) in [5.74, 6) is -2.53. The fourth-order valence-electron chi connectivity index (χ4n) is 6.92. The van der Waals surface area contributed by atoms with Gasteiger partial charge in [0.1, 0.15) is 6.10 Å². The fourth-order valence-corrected chi connectivity index (χ4v) is 6.92. The van der Waals surface area contributed by atoms with E-state index in [-0.39, 0.29) is 34.9 Å². The molecular weight excluding hydrogens is 376 g/mol. The van der Waals surface area contributed by atoms with Crippen LogP contribution in [0.5, 0.6) is 0 Å². The van der Waals surface area contributed by atoms with Crippen LogP contribution in [-0.4, -0.2) is 49.1 Å². The van der Waals surface area contributed by atoms with Crippen molar-refractivity contribution in [2.45, 2.75) is 46.3 Å². The second-order valence-electron chi connectivity index (χ2n) is 9.28. The molecule has 1 N–H and O–H groups in total. The van der Waals surface area contributed by atoms with E-state index in [4.69, 9.17) is 14.2 Å². The van der Waals surface area contributed by atoms with Gasteiger partial charge in [0.05, 0.1) is 14.2 Å². The maximum absolute atomic E-state index is 13.7. The van der Waals surface area contributed by atoms with Gasteiger partial charge >= 0.3 is 5.97 Å². The maximum atomic E-state index is 13.7. The van der Waals surface area contributed by atoms with Crippen LogP contribution in [0.15, 0.2) is 23.2 Å². The fraction of sp³-hybridized carbons (Fsp3) is 0.682. The lowest BCUT2D eigenvalue weighted by molar-refractivity contribution is -0.234. The minimum atomic E-state index is -1.41. The molecule has 4 aliphatic rings. The Labute approximate surface area is 170 Å². The van der Waals surface area contributed by atoms with Crippen molar-refractivity contribution in [2.24, 2.45) is 34.5 Å². The molecule has 7 heteroatoms. The van der Waals surface area contributed by atoms with Crippen molar-refractivity contribution in [3.63, 3.8) is 0 Å². The zero-order chi connectivity index (χ0) is 21.5. The molecule has 0 aromatic rings. The first kappa shape index (κ1) is 20.1. The molecule has 1 saturated heterocycles. The maximum Gasteiger partial charge on any atom is 0.335 e. The summed E-state index contributed by atoms with van der Waals surface area (Å²) < 4.78 is 16.5. The Kier molecular flexibility index (Phi) is 4.29. The predicted molar refractivity (Wildman–Crippen MR) is 101 cm³/mol. The summed E-state index contributed by atoms with van der Waals surface area (Å²) in [7, 11) is 2.86. The van der Waals surface area contributed by atoms with E-state index < -0.39 is 40.8 Å². The number of hydrogen-bond acceptors (Lipinski definition) is 7. The molecule has 29 heavy (non-hydrogen) atoms. The Morgan fingerprint density at radius 3 is 2.41 bits per heavy atom. The van der Waals surface area contributed by atoms with E-state index in [0.29, 0.717) is 12.0 Å². The number of aliphatic hydroxyl groups excluding tert-OH is 1. The number of aliphatic hydroxyl groups is 1. The molecule has 0 aromatic carbocycles. The van der Waals surface area contributed by atoms with Gasteiger partial charge in [0, 0.05) is 22.7 Å². The van der Waals surface area contributed by atoms with Gasteiger partial charge in [-0.2, -0.15) is 0 Å². The third-order valence-electron chi connectivity index (χ3n) is 8.14. The van der Waals surface area contributed by atoms with Crippen molar-refractivity contribution in [3.8, 4) is 0 Å². The van der Waals surface area contributed by atoms with E-state index in [2.05, 4.69) is 0 Å². The van der Waals surface area contributed by atoms with Gasteiger partial charge in [-0.05, 0) is 36.8 Å². The van der Waals surface area contributed by atoms with E-state index in [1.165, 1.54) is 14.2 Å². The first-order chi connectivity index (χ1) is 13.5. The zero-order valence-electron chi connectivity index (χ0n) is 17.6. The van der Waals surface area contributed by atoms with Crippen molar-refractivity contribution in [1.82, 2.24) is 0 Å². The largest absolute Gasteiger partial charge is 0.493 e. The minimum absolute atomic E-state index is 0.0491. The number of hydrogen-bond donors (Lipinski definition) is 1. The molecule has 3 aliphatic carbocycles. The molecule has 158 valence electrons. The Morgan fingerprint density at radius 2 is 1.83 bits per heavy atom. The summed E-state index contributed by atoms with van der Waals surface area (Å²) in [5.41, 5.74) is -1.45. The number of carbonyl (C=O) groups is 3. The quantitative estimate of drug-likeness (QED) is 0.701. The highest BCUT2D eigenvalue weighted by atomic mass is 16.6. The van der Waals surface area contributed by atoms with Gasteiger partial charge in [-0.25, -0.2) is 4.79 Å². The molecule has 0 spiro atoms. The highest BCUT2D eigenvalue weighted by Crippen LogP contribution is 2.67. The molecule has 8 atom stereocenters. The minimum Gasteiger partial charge on any atom is -0.493 e. The molecule has 4 rings (SSSR count). The van der Waals surface area contributed by atoms with E-state index in [1.807, 2.05) is 20.8 Å². The highest BCUT2D eigenvalue weighted by molar-refractivity contribution is 6.07. The van der Waals surface area contributed by atoms with Crippen molar-refractivity contribution < 1.29 is 33.7 Å². The van der Waals surface area contributed by atoms with E-state index in [1.54, 1.807) is 13.0 Å². The van der Waals surface area contributed by atoms with Crippen LogP contribution in [0.2, 0.25) is 0 Å². The molecule has 0 amide bonds. The lowest BCUT2D eigenvalue weighted by Gasteiger charge is -2.64. The number of carbonyl (C=O) groups excluding carboxylic acids is 3. The zero-order valence-corrected chi connectivity index (χ0v) is 17.6. The normalized spacial score (nSPS) is 46.4. The third-order valence-corrected chi connectivity index (χ3v) is 8.14. The van der Waals surface area contributed by atoms with Gasteiger partial charge in [0.15, 0.2) is 17.6 Å². The molecule has 7 nitrogen and oxygen atoms in total. The van der Waals surface area contributed by atoms with Crippen molar-refractivity contribution in [2.75, 3.05) is 14.2 Å². The monoisotopic (exact) mass is 404 g/mol. The second kappa shape index (κ2) is 6.17. The van der Waals surface area contributed by atoms with E-state index >= 15 is 0 Å². The molecule has 0 radical (unpaired) electrons. The standard InChI is InChI=1S/C22H28O7/c1-9-7-12(27-5)19(25)21(3)11(9)8-13-22(4)14(15(23)20(26)29-13)10(2)17(28-6)16(24)18(21)22/h7,9,11,13-15,18,23H,8H2,1-6H3/t9-,11+,13-,14-,15-,18-,21+,22+/m1/s1. The molecule has 0 aromatic heterocycles. The molecule has 1 heterocycles. The first-order valence-corrected chi connectivity index (χ1v) is 10.0. The number of ketones is 2. The number of rotatable bonds is 2. The summed E-state index contributed by atoms with van der Waals surface area (Å²) in [6.45, 7) is 7.38. The summed E-state index contributed by atoms with van der Waals surface area (Å²) in [6.07, 6.45) is 0.254. The predicted octanol–water partition coefficient (Wildman–Crippen LogP) is 1.79. The van der Waals surface area contributed by atoms with Crippen LogP contribution in [0, 0.1) is 34.5 Å². The van der Waals surface area contributed by atoms with Crippen LogP contribution in [0.4, 0.5) is 0 Å². The number of fused-ring (bicyclic) bond motifs is 2. The SMILES string of the molecule is COC1=C[C@@H](C)[C@@H]2C[C@H]3OC(=O)[C@H](O)[C@H]4C(C)=C(OC)C(=O)[C@H]([C@@]2(C)C1=O)[C@]43C. The molecular formula is C22H28O7. The summed E-state index contributed by atoms with van der Waals surface area (Å²) >= 11 is 0. The Balaban J connectivity index is 2.01. The van der Waals surface area contributed by atoms with Gasteiger partial charge in [-0.3, -0.25) is 9.59 Å². The van der Waals surface area contributed by atoms with Gasteiger partial charge in [0.2, 0.25) is 11.6 Å². The van der Waals surface area contributed by atoms with E-state index in [9.17, 15) is 19.5 Å². The van der Waals surface area contributed by atoms with Crippen molar-refractivity contribution in [1.29, 1.82) is 0 Å². The first-order valence-electron chi connectivity index (χ1n) is 10.0. The van der Waals surface area contributed by atoms with Crippen molar-refractivity contribution in [3.05, 3.63) is 23.2 Å². The number of allylic oxidation sites excluding steroid dienone is 3. The summed E-state index contributed by atoms with van der Waals surface area (Å²) in [6, 6.07) is 0. The van der Waals surface area contributed by atoms with Crippen LogP contribution < -0.4 is 0 Å². The Hall–Kier alpha value is -2.15. The molecule has 0 unspecified atom stereocenters. The highest BCUT2D eigenvalue weighted by Gasteiger charge is 2.73. The summed E-state index contributed by atoms with van der Waals surface area (Å²) in [5, 5.41) is 10.8. The van der Waals surface area contributed by atoms with E-state index in [0.717, 1.165) is 0 Å². The lowest BCUT2D eigenvalue weighted by atomic mass is 9.40. The Morgan fingerprint density at radius 1 is 1.17 bits per heavy atom. The average Bonchev–Trinajstić information content (AvgIpc) is 2.65. The Bertz CT molecular complexity index is 870. The number of ether oxygens (including phenoxy) is 3. The molecule has 1 saturated carbocycles. The third kappa shape index (κ3) is 2.19. The summed E-state index contributed by atoms with van der Waals surface area (Å²) in [4.78, 5) is 39.8. The molecule has 0 bridgehead atoms. The van der Waals surface area contributed by atoms with Gasteiger partial charge in [-0.1, -0.05) is 20.8 Å². The van der Waals surface area contributed by atoms with Crippen LogP contribution in [0.3, 0.4) is 0 Å². The lowest BCUT2D eigenvalue weighted by Crippen LogP contribution is -2.71. The number of esters is 1. The molecule has 2 fully saturated rings. The van der Waals surface area contributed by atoms with Gasteiger partial charge in [-0.15, -0.1) is 0 Å². The van der Waals surface area contributed by atoms with Crippen LogP contribution in [0.25, 0.3) is 0 Å².